The van der Waals surface area contributed by atoms with Gasteiger partial charge in [-0.1, -0.05) is 6.42 Å². The quantitative estimate of drug-likeness (QED) is 0.611. The molecule has 2 atom stereocenters. The number of nitrogens with one attached hydrogen (secondary N) is 2. The zero-order valence-corrected chi connectivity index (χ0v) is 15.7. The van der Waals surface area contributed by atoms with Crippen LogP contribution in [-0.2, 0) is 0 Å². The molecule has 0 aliphatic carbocycles. The average molecular weight is 339 g/mol. The summed E-state index contributed by atoms with van der Waals surface area (Å²) in [7, 11) is 2.32. The Morgan fingerprint density at radius 2 is 1.83 bits per heavy atom. The summed E-state index contributed by atoms with van der Waals surface area (Å²) in [4.78, 5) is 7.55. The third kappa shape index (κ3) is 4.79. The van der Waals surface area contributed by atoms with E-state index in [-0.39, 0.29) is 0 Å². The zero-order chi connectivity index (χ0) is 16.1. The van der Waals surface area contributed by atoms with Gasteiger partial charge in [-0.05, 0) is 69.9 Å². The number of nitrogens with zero attached hydrogens (tertiary/aromatic N) is 2. The Labute approximate surface area is 146 Å². The van der Waals surface area contributed by atoms with Crippen LogP contribution in [0, 0.1) is 5.92 Å². The van der Waals surface area contributed by atoms with Crippen LogP contribution in [-0.4, -0.2) is 60.6 Å². The molecule has 3 fully saturated rings. The Balaban J connectivity index is 1.54. The van der Waals surface area contributed by atoms with Crippen LogP contribution in [0.4, 0.5) is 0 Å². The fourth-order valence-electron chi connectivity index (χ4n) is 4.40. The monoisotopic (exact) mass is 338 g/mol. The molecule has 3 aliphatic heterocycles. The molecular weight excluding hydrogens is 304 g/mol. The van der Waals surface area contributed by atoms with E-state index in [0.717, 1.165) is 37.1 Å². The minimum Gasteiger partial charge on any atom is -0.357 e. The van der Waals surface area contributed by atoms with Crippen LogP contribution < -0.4 is 10.6 Å². The predicted molar refractivity (Wildman–Crippen MR) is 101 cm³/mol. The molecule has 0 saturated carbocycles. The molecule has 4 nitrogen and oxygen atoms in total. The number of hydrogen-bond acceptors (Lipinski definition) is 3. The van der Waals surface area contributed by atoms with Gasteiger partial charge in [0.15, 0.2) is 5.96 Å². The minimum atomic E-state index is 0.598. The topological polar surface area (TPSA) is 39.7 Å². The van der Waals surface area contributed by atoms with E-state index < -0.39 is 0 Å². The molecule has 0 aromatic carbocycles. The first-order valence-electron chi connectivity index (χ1n) is 9.60. The second-order valence-electron chi connectivity index (χ2n) is 7.49. The molecule has 0 aromatic rings. The van der Waals surface area contributed by atoms with Crippen molar-refractivity contribution in [2.75, 3.05) is 31.6 Å². The fourth-order valence-corrected chi connectivity index (χ4v) is 5.60. The van der Waals surface area contributed by atoms with Crippen molar-refractivity contribution in [3.05, 3.63) is 0 Å². The van der Waals surface area contributed by atoms with Gasteiger partial charge >= 0.3 is 0 Å². The summed E-state index contributed by atoms with van der Waals surface area (Å²) in [5.74, 6) is 4.49. The predicted octanol–water partition coefficient (Wildman–Crippen LogP) is 2.70. The zero-order valence-electron chi connectivity index (χ0n) is 14.9. The van der Waals surface area contributed by atoms with Crippen molar-refractivity contribution < 1.29 is 0 Å². The van der Waals surface area contributed by atoms with E-state index in [1.54, 1.807) is 0 Å². The first kappa shape index (κ1) is 17.4. The van der Waals surface area contributed by atoms with Crippen molar-refractivity contribution in [2.24, 2.45) is 10.9 Å². The van der Waals surface area contributed by atoms with Gasteiger partial charge in [-0.15, -0.1) is 0 Å². The molecule has 3 rings (SSSR count). The molecule has 2 unspecified atom stereocenters. The van der Waals surface area contributed by atoms with E-state index in [2.05, 4.69) is 41.3 Å². The summed E-state index contributed by atoms with van der Waals surface area (Å²) in [5.41, 5.74) is 0. The lowest BCUT2D eigenvalue weighted by Crippen LogP contribution is -2.56. The molecule has 0 amide bonds. The standard InChI is InChI=1S/C18H34N4S/c1-3-19-18(20-13-14-7-9-23-10-8-14)21-15-11-16-5-4-6-17(12-15)22(16)2/h14-17H,3-13H2,1-2H3,(H2,19,20,21). The molecule has 0 radical (unpaired) electrons. The van der Waals surface area contributed by atoms with Crippen LogP contribution >= 0.6 is 11.8 Å². The summed E-state index contributed by atoms with van der Waals surface area (Å²) in [5, 5.41) is 7.22. The summed E-state index contributed by atoms with van der Waals surface area (Å²) in [6.07, 6.45) is 9.39. The van der Waals surface area contributed by atoms with Crippen LogP contribution in [0.3, 0.4) is 0 Å². The third-order valence-electron chi connectivity index (χ3n) is 5.87. The second-order valence-corrected chi connectivity index (χ2v) is 8.72. The number of fused-ring (bicyclic) bond motifs is 2. The molecule has 132 valence electrons. The SMILES string of the molecule is CCNC(=NCC1CCSCC1)NC1CC2CCCC(C1)N2C. The maximum absolute atomic E-state index is 4.92. The van der Waals surface area contributed by atoms with Gasteiger partial charge in [0, 0.05) is 31.2 Å². The van der Waals surface area contributed by atoms with Crippen molar-refractivity contribution in [1.82, 2.24) is 15.5 Å². The molecule has 3 heterocycles. The van der Waals surface area contributed by atoms with Crippen LogP contribution in [0.25, 0.3) is 0 Å². The van der Waals surface area contributed by atoms with Gasteiger partial charge in [-0.25, -0.2) is 0 Å². The van der Waals surface area contributed by atoms with Gasteiger partial charge in [0.05, 0.1) is 0 Å². The third-order valence-corrected chi connectivity index (χ3v) is 6.92. The number of rotatable bonds is 4. The summed E-state index contributed by atoms with van der Waals surface area (Å²) >= 11 is 2.10. The van der Waals surface area contributed by atoms with Crippen molar-refractivity contribution in [2.45, 2.75) is 70.0 Å². The highest BCUT2D eigenvalue weighted by Crippen LogP contribution is 2.32. The molecule has 2 N–H and O–H groups in total. The first-order valence-corrected chi connectivity index (χ1v) is 10.8. The van der Waals surface area contributed by atoms with E-state index in [4.69, 9.17) is 4.99 Å². The minimum absolute atomic E-state index is 0.598. The summed E-state index contributed by atoms with van der Waals surface area (Å²) in [6, 6.07) is 2.15. The Morgan fingerprint density at radius 1 is 1.13 bits per heavy atom. The van der Waals surface area contributed by atoms with E-state index in [9.17, 15) is 0 Å². The fraction of sp³-hybridized carbons (Fsp3) is 0.944. The molecule has 3 aliphatic rings. The average Bonchev–Trinajstić information content (AvgIpc) is 2.55. The highest BCUT2D eigenvalue weighted by molar-refractivity contribution is 7.99. The lowest BCUT2D eigenvalue weighted by atomic mass is 9.82. The summed E-state index contributed by atoms with van der Waals surface area (Å²) in [6.45, 7) is 4.11. The highest BCUT2D eigenvalue weighted by atomic mass is 32.2. The van der Waals surface area contributed by atoms with Crippen LogP contribution in [0.5, 0.6) is 0 Å². The highest BCUT2D eigenvalue weighted by Gasteiger charge is 2.36. The Morgan fingerprint density at radius 3 is 2.48 bits per heavy atom. The molecule has 2 bridgehead atoms. The number of guanidine groups is 1. The van der Waals surface area contributed by atoms with Gasteiger partial charge in [-0.3, -0.25) is 4.99 Å². The number of piperidine rings is 2. The van der Waals surface area contributed by atoms with Gasteiger partial charge in [0.1, 0.15) is 0 Å². The first-order chi connectivity index (χ1) is 11.3. The molecule has 0 aromatic heterocycles. The molecule has 3 saturated heterocycles. The van der Waals surface area contributed by atoms with E-state index in [1.165, 1.54) is 56.5 Å². The van der Waals surface area contributed by atoms with Crippen molar-refractivity contribution in [3.63, 3.8) is 0 Å². The van der Waals surface area contributed by atoms with Crippen molar-refractivity contribution >= 4 is 17.7 Å². The Bertz CT molecular complexity index is 380. The smallest absolute Gasteiger partial charge is 0.191 e. The van der Waals surface area contributed by atoms with Gasteiger partial charge < -0.3 is 15.5 Å². The van der Waals surface area contributed by atoms with Gasteiger partial charge in [0.2, 0.25) is 0 Å². The van der Waals surface area contributed by atoms with E-state index >= 15 is 0 Å². The molecule has 0 spiro atoms. The van der Waals surface area contributed by atoms with E-state index in [0.29, 0.717) is 6.04 Å². The number of aliphatic imine (C=N–C) groups is 1. The Hall–Kier alpha value is -0.420. The number of thioether (sulfide) groups is 1. The molecule has 23 heavy (non-hydrogen) atoms. The van der Waals surface area contributed by atoms with Gasteiger partial charge in [-0.2, -0.15) is 11.8 Å². The van der Waals surface area contributed by atoms with Crippen LogP contribution in [0.15, 0.2) is 4.99 Å². The number of hydrogen-bond donors (Lipinski definition) is 2. The molecule has 5 heteroatoms. The second kappa shape index (κ2) is 8.61. The lowest BCUT2D eigenvalue weighted by molar-refractivity contribution is 0.0526. The lowest BCUT2D eigenvalue weighted by Gasteiger charge is -2.47. The van der Waals surface area contributed by atoms with Crippen LogP contribution in [0.2, 0.25) is 0 Å². The van der Waals surface area contributed by atoms with Crippen molar-refractivity contribution in [3.8, 4) is 0 Å². The van der Waals surface area contributed by atoms with E-state index in [1.807, 2.05) is 0 Å². The maximum Gasteiger partial charge on any atom is 0.191 e. The normalized spacial score (nSPS) is 33.5. The summed E-state index contributed by atoms with van der Waals surface area (Å²) < 4.78 is 0. The van der Waals surface area contributed by atoms with Crippen molar-refractivity contribution in [1.29, 1.82) is 0 Å². The van der Waals surface area contributed by atoms with Crippen LogP contribution in [0.1, 0.15) is 51.9 Å². The molecular formula is C18H34N4S. The van der Waals surface area contributed by atoms with Gasteiger partial charge in [0.25, 0.3) is 0 Å². The Kier molecular flexibility index (Phi) is 6.52. The maximum atomic E-state index is 4.92. The largest absolute Gasteiger partial charge is 0.357 e.